The summed E-state index contributed by atoms with van der Waals surface area (Å²) < 4.78 is 13.1. The predicted molar refractivity (Wildman–Crippen MR) is 94.1 cm³/mol. The van der Waals surface area contributed by atoms with Crippen LogP contribution in [-0.2, 0) is 4.79 Å². The summed E-state index contributed by atoms with van der Waals surface area (Å²) in [6.45, 7) is 1.77. The molecule has 0 aliphatic rings. The minimum absolute atomic E-state index is 0.0287. The number of rotatable bonds is 7. The van der Waals surface area contributed by atoms with E-state index in [1.807, 2.05) is 0 Å². The van der Waals surface area contributed by atoms with Crippen molar-refractivity contribution >= 4 is 23.2 Å². The highest BCUT2D eigenvalue weighted by Gasteiger charge is 2.12. The number of carbonyl (C=O) groups is 2. The van der Waals surface area contributed by atoms with Crippen molar-refractivity contribution in [2.45, 2.75) is 6.92 Å². The Morgan fingerprint density at radius 1 is 1.16 bits per heavy atom. The Morgan fingerprint density at radius 2 is 1.92 bits per heavy atom. The smallest absolute Gasteiger partial charge is 0.251 e. The summed E-state index contributed by atoms with van der Waals surface area (Å²) in [7, 11) is 0. The second-order valence-electron chi connectivity index (χ2n) is 5.37. The topological polar surface area (TPSA) is 90.5 Å². The lowest BCUT2D eigenvalue weighted by Crippen LogP contribution is -2.27. The van der Waals surface area contributed by atoms with E-state index in [0.29, 0.717) is 22.5 Å². The van der Waals surface area contributed by atoms with Gasteiger partial charge in [-0.1, -0.05) is 12.1 Å². The number of benzene rings is 2. The van der Waals surface area contributed by atoms with Crippen LogP contribution in [0.2, 0.25) is 0 Å². The van der Waals surface area contributed by atoms with Gasteiger partial charge >= 0.3 is 0 Å². The van der Waals surface area contributed by atoms with Gasteiger partial charge in [0.1, 0.15) is 5.82 Å². The van der Waals surface area contributed by atoms with E-state index in [0.717, 1.165) is 0 Å². The normalized spacial score (nSPS) is 10.2. The van der Waals surface area contributed by atoms with Crippen LogP contribution in [0.15, 0.2) is 42.5 Å². The molecule has 0 atom stereocenters. The van der Waals surface area contributed by atoms with Gasteiger partial charge in [-0.3, -0.25) is 9.59 Å². The minimum atomic E-state index is -0.428. The first kappa shape index (κ1) is 18.4. The first-order chi connectivity index (χ1) is 12.0. The van der Waals surface area contributed by atoms with E-state index >= 15 is 0 Å². The molecule has 6 nitrogen and oxygen atoms in total. The summed E-state index contributed by atoms with van der Waals surface area (Å²) in [5.41, 5.74) is 2.17. The highest BCUT2D eigenvalue weighted by Crippen LogP contribution is 2.19. The molecule has 2 aromatic carbocycles. The van der Waals surface area contributed by atoms with Crippen molar-refractivity contribution in [2.24, 2.45) is 0 Å². The molecule has 0 unspecified atom stereocenters. The summed E-state index contributed by atoms with van der Waals surface area (Å²) in [5, 5.41) is 16.9. The zero-order chi connectivity index (χ0) is 18.2. The molecule has 0 aliphatic carbocycles. The van der Waals surface area contributed by atoms with Gasteiger partial charge in [-0.25, -0.2) is 4.39 Å². The van der Waals surface area contributed by atoms with Crippen LogP contribution in [0.1, 0.15) is 15.9 Å². The molecule has 0 spiro atoms. The number of anilines is 2. The van der Waals surface area contributed by atoms with Crippen molar-refractivity contribution in [1.82, 2.24) is 5.32 Å². The molecule has 0 heterocycles. The average molecular weight is 345 g/mol. The largest absolute Gasteiger partial charge is 0.395 e. The van der Waals surface area contributed by atoms with Crippen LogP contribution in [0.4, 0.5) is 15.8 Å². The fourth-order valence-electron chi connectivity index (χ4n) is 2.28. The molecule has 0 saturated carbocycles. The predicted octanol–water partition coefficient (Wildman–Crippen LogP) is 1.91. The maximum atomic E-state index is 13.1. The molecule has 132 valence electrons. The molecule has 0 aliphatic heterocycles. The van der Waals surface area contributed by atoms with Crippen LogP contribution in [0, 0.1) is 12.7 Å². The number of aliphatic hydroxyl groups excluding tert-OH is 1. The molecule has 7 heteroatoms. The van der Waals surface area contributed by atoms with Crippen molar-refractivity contribution in [1.29, 1.82) is 0 Å². The lowest BCUT2D eigenvalue weighted by atomic mass is 10.1. The molecule has 4 N–H and O–H groups in total. The van der Waals surface area contributed by atoms with Gasteiger partial charge in [0.05, 0.1) is 13.2 Å². The van der Waals surface area contributed by atoms with Crippen molar-refractivity contribution < 1.29 is 19.1 Å². The summed E-state index contributed by atoms with van der Waals surface area (Å²) in [5.74, 6) is -1.05. The Morgan fingerprint density at radius 3 is 2.64 bits per heavy atom. The molecule has 2 amide bonds. The molecule has 2 aromatic rings. The fourth-order valence-corrected chi connectivity index (χ4v) is 2.28. The van der Waals surface area contributed by atoms with Gasteiger partial charge in [-0.2, -0.15) is 0 Å². The van der Waals surface area contributed by atoms with E-state index in [1.165, 1.54) is 18.2 Å². The Kier molecular flexibility index (Phi) is 6.47. The van der Waals surface area contributed by atoms with E-state index in [9.17, 15) is 14.0 Å². The molecular weight excluding hydrogens is 325 g/mol. The van der Waals surface area contributed by atoms with Crippen molar-refractivity contribution in [3.8, 4) is 0 Å². The lowest BCUT2D eigenvalue weighted by molar-refractivity contribution is -0.114. The van der Waals surface area contributed by atoms with Crippen LogP contribution in [0.3, 0.4) is 0 Å². The number of nitrogens with one attached hydrogen (secondary N) is 3. The highest BCUT2D eigenvalue weighted by molar-refractivity contribution is 5.98. The first-order valence-corrected chi connectivity index (χ1v) is 7.79. The van der Waals surface area contributed by atoms with Gasteiger partial charge in [0.2, 0.25) is 5.91 Å². The Balaban J connectivity index is 1.98. The van der Waals surface area contributed by atoms with Gasteiger partial charge in [0.25, 0.3) is 5.91 Å². The number of aliphatic hydroxyl groups is 1. The quantitative estimate of drug-likeness (QED) is 0.617. The number of halogens is 1. The maximum Gasteiger partial charge on any atom is 0.251 e. The third kappa shape index (κ3) is 5.29. The maximum absolute atomic E-state index is 13.1. The second-order valence-corrected chi connectivity index (χ2v) is 5.37. The molecule has 0 bridgehead atoms. The third-order valence-corrected chi connectivity index (χ3v) is 3.52. The van der Waals surface area contributed by atoms with Gasteiger partial charge in [-0.15, -0.1) is 0 Å². The molecule has 2 rings (SSSR count). The van der Waals surface area contributed by atoms with E-state index in [-0.39, 0.29) is 31.5 Å². The Bertz CT molecular complexity index is 765. The van der Waals surface area contributed by atoms with E-state index < -0.39 is 5.82 Å². The summed E-state index contributed by atoms with van der Waals surface area (Å²) >= 11 is 0. The van der Waals surface area contributed by atoms with Crippen molar-refractivity contribution in [3.05, 3.63) is 59.4 Å². The van der Waals surface area contributed by atoms with Crippen LogP contribution in [0.5, 0.6) is 0 Å². The van der Waals surface area contributed by atoms with Gasteiger partial charge in [0.15, 0.2) is 0 Å². The SMILES string of the molecule is Cc1c(NCC(=O)Nc2cccc(F)c2)cccc1C(=O)NCCO. The second kappa shape index (κ2) is 8.79. The zero-order valence-corrected chi connectivity index (χ0v) is 13.8. The molecule has 0 fully saturated rings. The van der Waals surface area contributed by atoms with Crippen molar-refractivity contribution in [2.75, 3.05) is 30.3 Å². The molecule has 0 saturated heterocycles. The van der Waals surface area contributed by atoms with Crippen LogP contribution >= 0.6 is 0 Å². The Labute approximate surface area is 145 Å². The third-order valence-electron chi connectivity index (χ3n) is 3.52. The van der Waals surface area contributed by atoms with Crippen LogP contribution in [0.25, 0.3) is 0 Å². The fraction of sp³-hybridized carbons (Fsp3) is 0.222. The summed E-state index contributed by atoms with van der Waals surface area (Å²) in [6, 6.07) is 10.8. The van der Waals surface area contributed by atoms with Crippen LogP contribution < -0.4 is 16.0 Å². The number of amides is 2. The zero-order valence-electron chi connectivity index (χ0n) is 13.8. The minimum Gasteiger partial charge on any atom is -0.395 e. The molecular formula is C18H20FN3O3. The number of carbonyl (C=O) groups excluding carboxylic acids is 2. The standard InChI is InChI=1S/C18H20FN3O3/c1-12-15(18(25)20-8-9-23)6-3-7-16(12)21-11-17(24)22-14-5-2-4-13(19)10-14/h2-7,10,21,23H,8-9,11H2,1H3,(H,20,25)(H,22,24). The Hall–Kier alpha value is -2.93. The summed E-state index contributed by atoms with van der Waals surface area (Å²) in [6.07, 6.45) is 0. The first-order valence-electron chi connectivity index (χ1n) is 7.79. The molecule has 0 radical (unpaired) electrons. The monoisotopic (exact) mass is 345 g/mol. The number of hydrogen-bond donors (Lipinski definition) is 4. The lowest BCUT2D eigenvalue weighted by Gasteiger charge is -2.13. The van der Waals surface area contributed by atoms with Crippen molar-refractivity contribution in [3.63, 3.8) is 0 Å². The van der Waals surface area contributed by atoms with Crippen LogP contribution in [-0.4, -0.2) is 36.6 Å². The van der Waals surface area contributed by atoms with Gasteiger partial charge in [-0.05, 0) is 42.8 Å². The summed E-state index contributed by atoms with van der Waals surface area (Å²) in [4.78, 5) is 24.0. The highest BCUT2D eigenvalue weighted by atomic mass is 19.1. The molecule has 25 heavy (non-hydrogen) atoms. The molecule has 0 aromatic heterocycles. The van der Waals surface area contributed by atoms with E-state index in [1.54, 1.807) is 31.2 Å². The van der Waals surface area contributed by atoms with Gasteiger partial charge < -0.3 is 21.1 Å². The number of hydrogen-bond acceptors (Lipinski definition) is 4. The van der Waals surface area contributed by atoms with Gasteiger partial charge in [0, 0.05) is 23.5 Å². The van der Waals surface area contributed by atoms with E-state index in [4.69, 9.17) is 5.11 Å². The average Bonchev–Trinajstić information content (AvgIpc) is 2.58. The van der Waals surface area contributed by atoms with E-state index in [2.05, 4.69) is 16.0 Å².